The van der Waals surface area contributed by atoms with E-state index in [1.807, 2.05) is 55.4 Å². The Balaban J connectivity index is 1.64. The van der Waals surface area contributed by atoms with Gasteiger partial charge in [0.15, 0.2) is 0 Å². The van der Waals surface area contributed by atoms with Crippen LogP contribution in [-0.4, -0.2) is 67.8 Å². The predicted octanol–water partition coefficient (Wildman–Crippen LogP) is 2.05. The first kappa shape index (κ1) is 22.3. The van der Waals surface area contributed by atoms with Gasteiger partial charge in [-0.25, -0.2) is 4.79 Å². The fraction of sp³-hybridized carbons (Fsp3) is 0.348. The van der Waals surface area contributed by atoms with Gasteiger partial charge in [-0.15, -0.1) is 0 Å². The highest BCUT2D eigenvalue weighted by Crippen LogP contribution is 2.44. The molecule has 0 radical (unpaired) electrons. The Hall–Kier alpha value is -3.39. The van der Waals surface area contributed by atoms with E-state index in [2.05, 4.69) is 22.8 Å². The molecule has 2 amide bonds. The second-order valence-electron chi connectivity index (χ2n) is 7.73. The molecule has 2 aromatic carbocycles. The number of nitrogens with one attached hydrogen (secondary N) is 2. The van der Waals surface area contributed by atoms with Gasteiger partial charge in [0.25, 0.3) is 0 Å². The summed E-state index contributed by atoms with van der Waals surface area (Å²) in [5, 5.41) is 13.7. The molecule has 1 atom stereocenters. The number of rotatable bonds is 9. The minimum absolute atomic E-state index is 0.0841. The lowest BCUT2D eigenvalue weighted by molar-refractivity contribution is -0.138. The molecule has 1 aliphatic carbocycles. The molecular weight excluding hydrogens is 398 g/mol. The van der Waals surface area contributed by atoms with Gasteiger partial charge in [-0.1, -0.05) is 48.5 Å². The minimum Gasteiger partial charge on any atom is -0.480 e. The molecule has 31 heavy (non-hydrogen) atoms. The van der Waals surface area contributed by atoms with E-state index in [1.165, 1.54) is 0 Å². The van der Waals surface area contributed by atoms with Crippen molar-refractivity contribution < 1.29 is 24.2 Å². The van der Waals surface area contributed by atoms with Gasteiger partial charge in [0.2, 0.25) is 5.91 Å². The zero-order valence-electron chi connectivity index (χ0n) is 17.6. The van der Waals surface area contributed by atoms with E-state index in [4.69, 9.17) is 9.84 Å². The number of ether oxygens (including phenoxy) is 1. The maximum absolute atomic E-state index is 12.5. The van der Waals surface area contributed by atoms with Crippen molar-refractivity contribution in [2.45, 2.75) is 18.4 Å². The first-order valence-electron chi connectivity index (χ1n) is 10.1. The molecule has 8 nitrogen and oxygen atoms in total. The second kappa shape index (κ2) is 10.1. The number of nitrogens with zero attached hydrogens (tertiary/aromatic N) is 1. The molecular formula is C23H27N3O5. The number of carbonyl (C=O) groups excluding carboxylic acids is 2. The van der Waals surface area contributed by atoms with Gasteiger partial charge in [0.05, 0.1) is 0 Å². The van der Waals surface area contributed by atoms with Crippen LogP contribution >= 0.6 is 0 Å². The average Bonchev–Trinajstić information content (AvgIpc) is 3.07. The number of amides is 2. The van der Waals surface area contributed by atoms with Crippen LogP contribution in [0.2, 0.25) is 0 Å². The molecule has 0 heterocycles. The number of aliphatic carboxylic acids is 1. The number of hydrogen-bond donors (Lipinski definition) is 3. The lowest BCUT2D eigenvalue weighted by atomic mass is 9.98. The second-order valence-corrected chi connectivity index (χ2v) is 7.73. The van der Waals surface area contributed by atoms with E-state index < -0.39 is 30.6 Å². The number of fused-ring (bicyclic) bond motifs is 3. The van der Waals surface area contributed by atoms with Gasteiger partial charge in [-0.05, 0) is 49.3 Å². The lowest BCUT2D eigenvalue weighted by Gasteiger charge is -2.21. The van der Waals surface area contributed by atoms with Crippen LogP contribution in [0.3, 0.4) is 0 Å². The molecule has 1 unspecified atom stereocenters. The maximum atomic E-state index is 12.5. The third-order valence-corrected chi connectivity index (χ3v) is 5.23. The van der Waals surface area contributed by atoms with Gasteiger partial charge >= 0.3 is 12.1 Å². The summed E-state index contributed by atoms with van der Waals surface area (Å²) < 4.78 is 5.49. The summed E-state index contributed by atoms with van der Waals surface area (Å²) in [5.74, 6) is -1.79. The molecule has 0 aromatic heterocycles. The molecule has 8 heteroatoms. The molecule has 0 fully saturated rings. The standard InChI is InChI=1S/C23H27N3O5/c1-26(2)12-11-20(22(29)24-13-21(27)28)25-23(30)31-14-19-17-9-5-3-7-15(17)16-8-4-6-10-18(16)19/h3-10,19-20H,11-14H2,1-2H3,(H,24,29)(H,25,30)(H,27,28). The van der Waals surface area contributed by atoms with E-state index >= 15 is 0 Å². The quantitative estimate of drug-likeness (QED) is 0.568. The largest absolute Gasteiger partial charge is 0.480 e. The third kappa shape index (κ3) is 5.61. The highest BCUT2D eigenvalue weighted by Gasteiger charge is 2.29. The van der Waals surface area contributed by atoms with Crippen molar-refractivity contribution in [2.75, 3.05) is 33.8 Å². The summed E-state index contributed by atoms with van der Waals surface area (Å²) >= 11 is 0. The smallest absolute Gasteiger partial charge is 0.407 e. The summed E-state index contributed by atoms with van der Waals surface area (Å²) in [6.07, 6.45) is -0.390. The molecule has 0 bridgehead atoms. The first-order valence-corrected chi connectivity index (χ1v) is 10.1. The molecule has 3 N–H and O–H groups in total. The van der Waals surface area contributed by atoms with Crippen LogP contribution in [-0.2, 0) is 14.3 Å². The number of alkyl carbamates (subject to hydrolysis) is 1. The number of hydrogen-bond acceptors (Lipinski definition) is 5. The van der Waals surface area contributed by atoms with Crippen LogP contribution in [0.5, 0.6) is 0 Å². The first-order chi connectivity index (χ1) is 14.9. The van der Waals surface area contributed by atoms with Crippen molar-refractivity contribution in [1.82, 2.24) is 15.5 Å². The van der Waals surface area contributed by atoms with Gasteiger partial charge in [0, 0.05) is 5.92 Å². The van der Waals surface area contributed by atoms with Crippen molar-refractivity contribution in [3.63, 3.8) is 0 Å². The normalized spacial score (nSPS) is 13.3. The fourth-order valence-corrected chi connectivity index (χ4v) is 3.72. The predicted molar refractivity (Wildman–Crippen MR) is 116 cm³/mol. The Bertz CT molecular complexity index is 914. The Morgan fingerprint density at radius 1 is 1.03 bits per heavy atom. The van der Waals surface area contributed by atoms with Crippen LogP contribution < -0.4 is 10.6 Å². The molecule has 0 spiro atoms. The van der Waals surface area contributed by atoms with Gasteiger partial charge in [-0.3, -0.25) is 9.59 Å². The lowest BCUT2D eigenvalue weighted by Crippen LogP contribution is -2.49. The number of carbonyl (C=O) groups is 3. The van der Waals surface area contributed by atoms with E-state index in [1.54, 1.807) is 0 Å². The Morgan fingerprint density at radius 3 is 2.16 bits per heavy atom. The number of carboxylic acids is 1. The van der Waals surface area contributed by atoms with E-state index in [0.717, 1.165) is 22.3 Å². The molecule has 2 aromatic rings. The molecule has 1 aliphatic rings. The van der Waals surface area contributed by atoms with Crippen LogP contribution in [0.1, 0.15) is 23.5 Å². The molecule has 0 aliphatic heterocycles. The van der Waals surface area contributed by atoms with Crippen LogP contribution in [0.15, 0.2) is 48.5 Å². The summed E-state index contributed by atoms with van der Waals surface area (Å²) in [4.78, 5) is 37.4. The van der Waals surface area contributed by atoms with Crippen LogP contribution in [0, 0.1) is 0 Å². The molecule has 0 saturated heterocycles. The van der Waals surface area contributed by atoms with Gasteiger partial charge < -0.3 is 25.4 Å². The van der Waals surface area contributed by atoms with E-state index in [0.29, 0.717) is 13.0 Å². The summed E-state index contributed by atoms with van der Waals surface area (Å²) in [6, 6.07) is 15.2. The average molecular weight is 425 g/mol. The zero-order valence-corrected chi connectivity index (χ0v) is 17.6. The SMILES string of the molecule is CN(C)CCC(NC(=O)OCC1c2ccccc2-c2ccccc21)C(=O)NCC(=O)O. The van der Waals surface area contributed by atoms with Crippen LogP contribution in [0.25, 0.3) is 11.1 Å². The van der Waals surface area contributed by atoms with Crippen molar-refractivity contribution in [1.29, 1.82) is 0 Å². The maximum Gasteiger partial charge on any atom is 0.407 e. The highest BCUT2D eigenvalue weighted by atomic mass is 16.5. The Kier molecular flexibility index (Phi) is 7.25. The summed E-state index contributed by atoms with van der Waals surface area (Å²) in [7, 11) is 3.69. The summed E-state index contributed by atoms with van der Waals surface area (Å²) in [6.45, 7) is 0.162. The van der Waals surface area contributed by atoms with Crippen molar-refractivity contribution in [3.05, 3.63) is 59.7 Å². The van der Waals surface area contributed by atoms with E-state index in [9.17, 15) is 14.4 Å². The topological polar surface area (TPSA) is 108 Å². The van der Waals surface area contributed by atoms with Gasteiger partial charge in [0.1, 0.15) is 19.2 Å². The number of benzene rings is 2. The summed E-state index contributed by atoms with van der Waals surface area (Å²) in [5.41, 5.74) is 4.45. The van der Waals surface area contributed by atoms with Crippen molar-refractivity contribution >= 4 is 18.0 Å². The van der Waals surface area contributed by atoms with Gasteiger partial charge in [-0.2, -0.15) is 0 Å². The monoisotopic (exact) mass is 425 g/mol. The fourth-order valence-electron chi connectivity index (χ4n) is 3.72. The molecule has 3 rings (SSSR count). The minimum atomic E-state index is -1.15. The molecule has 0 saturated carbocycles. The van der Waals surface area contributed by atoms with Crippen molar-refractivity contribution in [3.8, 4) is 11.1 Å². The Labute approximate surface area is 181 Å². The Morgan fingerprint density at radius 2 is 1.61 bits per heavy atom. The number of carboxylic acid groups (broad SMARTS) is 1. The third-order valence-electron chi connectivity index (χ3n) is 5.23. The highest BCUT2D eigenvalue weighted by molar-refractivity contribution is 5.88. The van der Waals surface area contributed by atoms with E-state index in [-0.39, 0.29) is 12.5 Å². The van der Waals surface area contributed by atoms with Crippen LogP contribution in [0.4, 0.5) is 4.79 Å². The van der Waals surface area contributed by atoms with Crippen molar-refractivity contribution in [2.24, 2.45) is 0 Å². The molecule has 164 valence electrons. The zero-order chi connectivity index (χ0) is 22.4.